The largest absolute Gasteiger partial charge is 0.494 e. The second kappa shape index (κ2) is 8.37. The lowest BCUT2D eigenvalue weighted by molar-refractivity contribution is 0.160. The molecule has 1 rings (SSSR count). The average molecular weight is 284 g/mol. The average Bonchev–Trinajstić information content (AvgIpc) is 2.43. The number of aliphatic hydroxyl groups is 1. The van der Waals surface area contributed by atoms with E-state index in [4.69, 9.17) is 4.74 Å². The third-order valence-corrected chi connectivity index (χ3v) is 2.79. The predicted molar refractivity (Wildman–Crippen MR) is 74.1 cm³/mol. The summed E-state index contributed by atoms with van der Waals surface area (Å²) in [7, 11) is 1.39. The van der Waals surface area contributed by atoms with Crippen LogP contribution in [0.25, 0.3) is 0 Å². The van der Waals surface area contributed by atoms with Crippen LogP contribution in [0.3, 0.4) is 0 Å². The number of hydrogen-bond acceptors (Lipinski definition) is 3. The Labute approximate surface area is 118 Å². The van der Waals surface area contributed by atoms with E-state index in [1.54, 1.807) is 6.07 Å². The van der Waals surface area contributed by atoms with Crippen molar-refractivity contribution in [1.82, 2.24) is 10.6 Å². The van der Waals surface area contributed by atoms with Gasteiger partial charge in [0.25, 0.3) is 0 Å². The maximum absolute atomic E-state index is 13.4. The van der Waals surface area contributed by atoms with Gasteiger partial charge in [0.15, 0.2) is 11.6 Å². The van der Waals surface area contributed by atoms with Gasteiger partial charge in [0.2, 0.25) is 0 Å². The standard InChI is InChI=1S/C14H21FN2O3/c1-3-4-11(18)9-17-14(19)16-8-10-5-6-13(20-2)12(15)7-10/h5-7,11,18H,3-4,8-9H2,1-2H3,(H2,16,17,19). The minimum Gasteiger partial charge on any atom is -0.494 e. The van der Waals surface area contributed by atoms with Gasteiger partial charge in [0.05, 0.1) is 13.2 Å². The van der Waals surface area contributed by atoms with Crippen LogP contribution in [0.15, 0.2) is 18.2 Å². The van der Waals surface area contributed by atoms with Gasteiger partial charge in [-0.2, -0.15) is 0 Å². The Morgan fingerprint density at radius 3 is 2.80 bits per heavy atom. The van der Waals surface area contributed by atoms with E-state index in [-0.39, 0.29) is 18.8 Å². The summed E-state index contributed by atoms with van der Waals surface area (Å²) in [6.45, 7) is 2.37. The van der Waals surface area contributed by atoms with Gasteiger partial charge in [-0.25, -0.2) is 9.18 Å². The van der Waals surface area contributed by atoms with Gasteiger partial charge in [-0.3, -0.25) is 0 Å². The molecule has 0 spiro atoms. The van der Waals surface area contributed by atoms with Crippen molar-refractivity contribution in [1.29, 1.82) is 0 Å². The molecule has 2 amide bonds. The van der Waals surface area contributed by atoms with Crippen molar-refractivity contribution >= 4 is 6.03 Å². The normalized spacial score (nSPS) is 11.8. The molecular weight excluding hydrogens is 263 g/mol. The van der Waals surface area contributed by atoms with Crippen molar-refractivity contribution in [2.45, 2.75) is 32.4 Å². The summed E-state index contributed by atoms with van der Waals surface area (Å²) >= 11 is 0. The highest BCUT2D eigenvalue weighted by Gasteiger charge is 2.07. The molecule has 3 N–H and O–H groups in total. The minimum absolute atomic E-state index is 0.167. The molecular formula is C14H21FN2O3. The van der Waals surface area contributed by atoms with Crippen LogP contribution in [0.4, 0.5) is 9.18 Å². The van der Waals surface area contributed by atoms with E-state index in [0.717, 1.165) is 6.42 Å². The van der Waals surface area contributed by atoms with E-state index in [9.17, 15) is 14.3 Å². The fraction of sp³-hybridized carbons (Fsp3) is 0.500. The maximum atomic E-state index is 13.4. The summed E-state index contributed by atoms with van der Waals surface area (Å²) in [6, 6.07) is 4.10. The minimum atomic E-state index is -0.538. The number of benzene rings is 1. The van der Waals surface area contributed by atoms with Crippen LogP contribution in [0.5, 0.6) is 5.75 Å². The predicted octanol–water partition coefficient (Wildman–Crippen LogP) is 1.79. The Bertz CT molecular complexity index is 440. The lowest BCUT2D eigenvalue weighted by atomic mass is 10.2. The van der Waals surface area contributed by atoms with Gasteiger partial charge >= 0.3 is 6.03 Å². The lowest BCUT2D eigenvalue weighted by Gasteiger charge is -2.12. The molecule has 112 valence electrons. The number of amides is 2. The maximum Gasteiger partial charge on any atom is 0.315 e. The molecule has 0 bridgehead atoms. The van der Waals surface area contributed by atoms with Gasteiger partial charge in [-0.05, 0) is 24.1 Å². The van der Waals surface area contributed by atoms with Gasteiger partial charge in [0.1, 0.15) is 0 Å². The summed E-state index contributed by atoms with van der Waals surface area (Å²) in [6.07, 6.45) is 0.962. The molecule has 20 heavy (non-hydrogen) atoms. The zero-order valence-electron chi connectivity index (χ0n) is 11.8. The molecule has 1 aromatic carbocycles. The number of nitrogens with one attached hydrogen (secondary N) is 2. The molecule has 0 saturated heterocycles. The van der Waals surface area contributed by atoms with E-state index in [0.29, 0.717) is 12.0 Å². The second-order valence-electron chi connectivity index (χ2n) is 4.47. The van der Waals surface area contributed by atoms with Crippen LogP contribution < -0.4 is 15.4 Å². The first-order chi connectivity index (χ1) is 9.56. The Kier molecular flexibility index (Phi) is 6.79. The monoisotopic (exact) mass is 284 g/mol. The van der Waals surface area contributed by atoms with Crippen LogP contribution in [0, 0.1) is 5.82 Å². The number of halogens is 1. The molecule has 1 atom stereocenters. The van der Waals surface area contributed by atoms with Crippen molar-refractivity contribution in [3.63, 3.8) is 0 Å². The van der Waals surface area contributed by atoms with Gasteiger partial charge in [-0.1, -0.05) is 19.4 Å². The fourth-order valence-electron chi connectivity index (χ4n) is 1.71. The Morgan fingerprint density at radius 1 is 1.45 bits per heavy atom. The van der Waals surface area contributed by atoms with E-state index in [2.05, 4.69) is 10.6 Å². The molecule has 5 nitrogen and oxygen atoms in total. The van der Waals surface area contributed by atoms with E-state index >= 15 is 0 Å². The summed E-state index contributed by atoms with van der Waals surface area (Å²) < 4.78 is 18.2. The smallest absolute Gasteiger partial charge is 0.315 e. The molecule has 0 aliphatic rings. The number of urea groups is 1. The third-order valence-electron chi connectivity index (χ3n) is 2.79. The first-order valence-corrected chi connectivity index (χ1v) is 6.59. The Morgan fingerprint density at radius 2 is 2.20 bits per heavy atom. The lowest BCUT2D eigenvalue weighted by Crippen LogP contribution is -2.39. The summed E-state index contributed by atoms with van der Waals surface area (Å²) in [5, 5.41) is 14.6. The summed E-state index contributed by atoms with van der Waals surface area (Å²) in [5.41, 5.74) is 0.632. The molecule has 0 fully saturated rings. The highest BCUT2D eigenvalue weighted by Crippen LogP contribution is 2.17. The zero-order valence-corrected chi connectivity index (χ0v) is 11.8. The Hall–Kier alpha value is -1.82. The topological polar surface area (TPSA) is 70.6 Å². The quantitative estimate of drug-likeness (QED) is 0.715. The zero-order chi connectivity index (χ0) is 15.0. The molecule has 0 radical (unpaired) electrons. The van der Waals surface area contributed by atoms with Crippen LogP contribution in [0.2, 0.25) is 0 Å². The summed E-state index contributed by atoms with van der Waals surface area (Å²) in [5.74, 6) is -0.300. The van der Waals surface area contributed by atoms with Crippen LogP contribution in [-0.2, 0) is 6.54 Å². The first-order valence-electron chi connectivity index (χ1n) is 6.59. The number of hydrogen-bond donors (Lipinski definition) is 3. The van der Waals surface area contributed by atoms with Crippen LogP contribution in [0.1, 0.15) is 25.3 Å². The molecule has 1 aromatic rings. The van der Waals surface area contributed by atoms with E-state index in [1.165, 1.54) is 19.2 Å². The van der Waals surface area contributed by atoms with Gasteiger partial charge in [0, 0.05) is 13.1 Å². The summed E-state index contributed by atoms with van der Waals surface area (Å²) in [4.78, 5) is 11.5. The number of aliphatic hydroxyl groups excluding tert-OH is 1. The SMILES string of the molecule is CCCC(O)CNC(=O)NCc1ccc(OC)c(F)c1. The van der Waals surface area contributed by atoms with Crippen molar-refractivity contribution in [2.75, 3.05) is 13.7 Å². The van der Waals surface area contributed by atoms with Crippen molar-refractivity contribution in [3.05, 3.63) is 29.6 Å². The molecule has 0 heterocycles. The molecule has 6 heteroatoms. The molecule has 0 aliphatic heterocycles. The third kappa shape index (κ3) is 5.44. The first kappa shape index (κ1) is 16.2. The fourth-order valence-corrected chi connectivity index (χ4v) is 1.71. The number of carbonyl (C=O) groups excluding carboxylic acids is 1. The van der Waals surface area contributed by atoms with E-state index < -0.39 is 18.0 Å². The molecule has 1 unspecified atom stereocenters. The van der Waals surface area contributed by atoms with Crippen LogP contribution >= 0.6 is 0 Å². The molecule has 0 saturated carbocycles. The number of carbonyl (C=O) groups is 1. The number of rotatable bonds is 7. The molecule has 0 aromatic heterocycles. The highest BCUT2D eigenvalue weighted by molar-refractivity contribution is 5.73. The highest BCUT2D eigenvalue weighted by atomic mass is 19.1. The van der Waals surface area contributed by atoms with E-state index in [1.807, 2.05) is 6.92 Å². The van der Waals surface area contributed by atoms with Crippen molar-refractivity contribution in [3.8, 4) is 5.75 Å². The van der Waals surface area contributed by atoms with Crippen molar-refractivity contribution < 1.29 is 19.0 Å². The Balaban J connectivity index is 2.35. The molecule has 0 aliphatic carbocycles. The van der Waals surface area contributed by atoms with Gasteiger partial charge < -0.3 is 20.5 Å². The van der Waals surface area contributed by atoms with Crippen molar-refractivity contribution in [2.24, 2.45) is 0 Å². The van der Waals surface area contributed by atoms with Crippen LogP contribution in [-0.4, -0.2) is 30.9 Å². The number of methoxy groups -OCH3 is 1. The number of ether oxygens (including phenoxy) is 1. The van der Waals surface area contributed by atoms with Gasteiger partial charge in [-0.15, -0.1) is 0 Å². The second-order valence-corrected chi connectivity index (χ2v) is 4.47.